The van der Waals surface area contributed by atoms with Crippen LogP contribution in [0.2, 0.25) is 0 Å². The molecule has 102 valence electrons. The molecule has 2 rings (SSSR count). The van der Waals surface area contributed by atoms with E-state index in [-0.39, 0.29) is 6.04 Å². The normalized spacial score (nSPS) is 12.9. The van der Waals surface area contributed by atoms with Crippen LogP contribution in [0.1, 0.15) is 17.2 Å². The number of hydrogen-bond acceptors (Lipinski definition) is 3. The maximum atomic E-state index is 5.93. The second-order valence-corrected chi connectivity index (χ2v) is 6.18. The molecular formula is C14H16Br2N2O. The number of hydrogen-bond donors (Lipinski definition) is 1. The monoisotopic (exact) mass is 386 g/mol. The van der Waals surface area contributed by atoms with E-state index in [1.54, 1.807) is 12.5 Å². The molecule has 1 atom stereocenters. The van der Waals surface area contributed by atoms with Crippen LogP contribution in [0.3, 0.4) is 0 Å². The first-order valence-electron chi connectivity index (χ1n) is 5.98. The number of benzene rings is 1. The summed E-state index contributed by atoms with van der Waals surface area (Å²) in [5.41, 5.74) is 8.28. The van der Waals surface area contributed by atoms with Gasteiger partial charge in [0, 0.05) is 33.6 Å². The van der Waals surface area contributed by atoms with Gasteiger partial charge in [-0.15, -0.1) is 0 Å². The van der Waals surface area contributed by atoms with Crippen molar-refractivity contribution in [3.8, 4) is 0 Å². The molecule has 1 unspecified atom stereocenters. The molecule has 0 aliphatic carbocycles. The zero-order chi connectivity index (χ0) is 13.8. The van der Waals surface area contributed by atoms with Gasteiger partial charge in [-0.3, -0.25) is 4.90 Å². The van der Waals surface area contributed by atoms with Crippen LogP contribution < -0.4 is 5.73 Å². The first kappa shape index (κ1) is 14.8. The van der Waals surface area contributed by atoms with Crippen molar-refractivity contribution < 1.29 is 4.42 Å². The van der Waals surface area contributed by atoms with Gasteiger partial charge in [-0.25, -0.2) is 0 Å². The zero-order valence-corrected chi connectivity index (χ0v) is 13.8. The predicted molar refractivity (Wildman–Crippen MR) is 83.8 cm³/mol. The molecule has 0 bridgehead atoms. The number of rotatable bonds is 5. The van der Waals surface area contributed by atoms with E-state index in [0.717, 1.165) is 21.1 Å². The molecule has 0 spiro atoms. The highest BCUT2D eigenvalue weighted by molar-refractivity contribution is 9.13. The molecule has 2 aromatic rings. The van der Waals surface area contributed by atoms with Crippen LogP contribution in [0.25, 0.3) is 0 Å². The lowest BCUT2D eigenvalue weighted by Crippen LogP contribution is -2.30. The molecule has 0 aliphatic rings. The Balaban J connectivity index is 2.16. The average Bonchev–Trinajstić information content (AvgIpc) is 2.87. The lowest BCUT2D eigenvalue weighted by molar-refractivity contribution is 0.241. The van der Waals surface area contributed by atoms with Gasteiger partial charge >= 0.3 is 0 Å². The van der Waals surface area contributed by atoms with Crippen molar-refractivity contribution in [3.05, 3.63) is 56.9 Å². The third-order valence-electron chi connectivity index (χ3n) is 3.10. The third-order valence-corrected chi connectivity index (χ3v) is 4.98. The molecule has 0 aliphatic heterocycles. The lowest BCUT2D eigenvalue weighted by atomic mass is 10.1. The summed E-state index contributed by atoms with van der Waals surface area (Å²) in [5, 5.41) is 0. The highest BCUT2D eigenvalue weighted by Crippen LogP contribution is 2.28. The summed E-state index contributed by atoms with van der Waals surface area (Å²) < 4.78 is 7.19. The minimum absolute atomic E-state index is 0.180. The van der Waals surface area contributed by atoms with Crippen molar-refractivity contribution in [3.63, 3.8) is 0 Å². The van der Waals surface area contributed by atoms with Crippen molar-refractivity contribution >= 4 is 31.9 Å². The van der Waals surface area contributed by atoms with Gasteiger partial charge in [0.2, 0.25) is 0 Å². The standard InChI is InChI=1S/C14H16Br2N2O/c1-18(8-10-4-5-19-9-10)14(7-17)11-2-3-12(15)13(16)6-11/h2-6,9,14H,7-8,17H2,1H3. The van der Waals surface area contributed by atoms with E-state index in [1.807, 2.05) is 12.1 Å². The first-order valence-corrected chi connectivity index (χ1v) is 7.56. The van der Waals surface area contributed by atoms with Gasteiger partial charge in [0.25, 0.3) is 0 Å². The van der Waals surface area contributed by atoms with Crippen LogP contribution in [0, 0.1) is 0 Å². The Morgan fingerprint density at radius 3 is 2.63 bits per heavy atom. The van der Waals surface area contributed by atoms with Crippen LogP contribution in [-0.4, -0.2) is 18.5 Å². The Morgan fingerprint density at radius 2 is 2.05 bits per heavy atom. The van der Waals surface area contributed by atoms with Gasteiger partial charge in [-0.05, 0) is 62.7 Å². The summed E-state index contributed by atoms with van der Waals surface area (Å²) >= 11 is 7.01. The molecule has 0 fully saturated rings. The third kappa shape index (κ3) is 3.69. The molecule has 1 heterocycles. The molecular weight excluding hydrogens is 372 g/mol. The van der Waals surface area contributed by atoms with E-state index in [2.05, 4.69) is 55.9 Å². The number of halogens is 2. The SMILES string of the molecule is CN(Cc1ccoc1)C(CN)c1ccc(Br)c(Br)c1. The predicted octanol–water partition coefficient (Wildman–Crippen LogP) is 3.94. The van der Waals surface area contributed by atoms with E-state index in [4.69, 9.17) is 10.2 Å². The summed E-state index contributed by atoms with van der Waals surface area (Å²) in [4.78, 5) is 2.22. The second-order valence-electron chi connectivity index (χ2n) is 4.47. The summed E-state index contributed by atoms with van der Waals surface area (Å²) in [7, 11) is 2.07. The Hall–Kier alpha value is -0.620. The Bertz CT molecular complexity index is 528. The smallest absolute Gasteiger partial charge is 0.0947 e. The topological polar surface area (TPSA) is 42.4 Å². The highest BCUT2D eigenvalue weighted by Gasteiger charge is 2.16. The fourth-order valence-corrected chi connectivity index (χ4v) is 2.71. The quantitative estimate of drug-likeness (QED) is 0.844. The van der Waals surface area contributed by atoms with E-state index in [0.29, 0.717) is 6.54 Å². The van der Waals surface area contributed by atoms with Crippen molar-refractivity contribution in [1.29, 1.82) is 0 Å². The summed E-state index contributed by atoms with van der Waals surface area (Å²) in [6, 6.07) is 8.39. The Labute approximate surface area is 130 Å². The van der Waals surface area contributed by atoms with Gasteiger partial charge < -0.3 is 10.2 Å². The van der Waals surface area contributed by atoms with Gasteiger partial charge in [-0.1, -0.05) is 6.07 Å². The molecule has 0 saturated carbocycles. The minimum Gasteiger partial charge on any atom is -0.472 e. The Kier molecular flexibility index (Phi) is 5.21. The van der Waals surface area contributed by atoms with E-state index in [1.165, 1.54) is 5.56 Å². The molecule has 5 heteroatoms. The Morgan fingerprint density at radius 1 is 1.26 bits per heavy atom. The summed E-state index contributed by atoms with van der Waals surface area (Å²) in [5.74, 6) is 0. The van der Waals surface area contributed by atoms with Crippen LogP contribution in [0.4, 0.5) is 0 Å². The number of nitrogens with two attached hydrogens (primary N) is 1. The molecule has 0 amide bonds. The van der Waals surface area contributed by atoms with Crippen LogP contribution >= 0.6 is 31.9 Å². The van der Waals surface area contributed by atoms with Gasteiger partial charge in [-0.2, -0.15) is 0 Å². The fourth-order valence-electron chi connectivity index (χ4n) is 2.07. The molecule has 1 aromatic carbocycles. The van der Waals surface area contributed by atoms with E-state index >= 15 is 0 Å². The van der Waals surface area contributed by atoms with Crippen LogP contribution in [0.5, 0.6) is 0 Å². The second kappa shape index (κ2) is 6.70. The van der Waals surface area contributed by atoms with E-state index < -0.39 is 0 Å². The van der Waals surface area contributed by atoms with Crippen molar-refractivity contribution in [2.24, 2.45) is 5.73 Å². The van der Waals surface area contributed by atoms with Gasteiger partial charge in [0.05, 0.1) is 12.5 Å². The maximum Gasteiger partial charge on any atom is 0.0947 e. The van der Waals surface area contributed by atoms with E-state index in [9.17, 15) is 0 Å². The van der Waals surface area contributed by atoms with Crippen molar-refractivity contribution in [2.45, 2.75) is 12.6 Å². The van der Waals surface area contributed by atoms with Crippen molar-refractivity contribution in [1.82, 2.24) is 4.90 Å². The lowest BCUT2D eigenvalue weighted by Gasteiger charge is -2.27. The van der Waals surface area contributed by atoms with Crippen LogP contribution in [-0.2, 0) is 6.54 Å². The highest BCUT2D eigenvalue weighted by atomic mass is 79.9. The number of nitrogens with zero attached hydrogens (tertiary/aromatic N) is 1. The average molecular weight is 388 g/mol. The minimum atomic E-state index is 0.180. The molecule has 19 heavy (non-hydrogen) atoms. The number of likely N-dealkylation sites (N-methyl/N-ethyl adjacent to an activating group) is 1. The summed E-state index contributed by atoms with van der Waals surface area (Å²) in [6.07, 6.45) is 3.46. The zero-order valence-electron chi connectivity index (χ0n) is 10.6. The largest absolute Gasteiger partial charge is 0.472 e. The first-order chi connectivity index (χ1) is 9.11. The fraction of sp³-hybridized carbons (Fsp3) is 0.286. The molecule has 3 nitrogen and oxygen atoms in total. The number of furan rings is 1. The van der Waals surface area contributed by atoms with Gasteiger partial charge in [0.1, 0.15) is 0 Å². The summed E-state index contributed by atoms with van der Waals surface area (Å²) in [6.45, 7) is 1.38. The van der Waals surface area contributed by atoms with Crippen LogP contribution in [0.15, 0.2) is 50.2 Å². The molecule has 1 aromatic heterocycles. The molecule has 0 radical (unpaired) electrons. The maximum absolute atomic E-state index is 5.93. The molecule has 2 N–H and O–H groups in total. The molecule has 0 saturated heterocycles. The van der Waals surface area contributed by atoms with Crippen molar-refractivity contribution in [2.75, 3.05) is 13.6 Å². The van der Waals surface area contributed by atoms with Gasteiger partial charge in [0.15, 0.2) is 0 Å².